The van der Waals surface area contributed by atoms with Gasteiger partial charge in [-0.1, -0.05) is 11.6 Å². The number of carbonyl (C=O) groups excluding carboxylic acids is 2. The van der Waals surface area contributed by atoms with Crippen molar-refractivity contribution in [3.63, 3.8) is 0 Å². The number of amides is 1. The van der Waals surface area contributed by atoms with Gasteiger partial charge in [-0.2, -0.15) is 0 Å². The van der Waals surface area contributed by atoms with Gasteiger partial charge in [-0.25, -0.2) is 4.79 Å². The molecule has 9 nitrogen and oxygen atoms in total. The molecule has 10 heteroatoms. The minimum absolute atomic E-state index is 0.0217. The molecule has 0 aromatic heterocycles. The van der Waals surface area contributed by atoms with Crippen LogP contribution in [0.15, 0.2) is 18.2 Å². The second kappa shape index (κ2) is 7.96. The number of hydrogen-bond donors (Lipinski definition) is 4. The Labute approximate surface area is 170 Å². The lowest BCUT2D eigenvalue weighted by atomic mass is 9.98. The highest BCUT2D eigenvalue weighted by molar-refractivity contribution is 6.33. The van der Waals surface area contributed by atoms with Gasteiger partial charge < -0.3 is 34.8 Å². The van der Waals surface area contributed by atoms with Crippen LogP contribution in [0.4, 0.5) is 5.69 Å². The number of halogens is 1. The summed E-state index contributed by atoms with van der Waals surface area (Å²) in [6, 6.07) is 3.68. The van der Waals surface area contributed by atoms with Crippen molar-refractivity contribution in [1.29, 1.82) is 0 Å². The Morgan fingerprint density at radius 3 is 2.55 bits per heavy atom. The minimum atomic E-state index is -0.956. The van der Waals surface area contributed by atoms with E-state index in [2.05, 4.69) is 10.1 Å². The number of fused-ring (bicyclic) bond motifs is 1. The molecule has 29 heavy (non-hydrogen) atoms. The molecular formula is C19H18ClNO8. The van der Waals surface area contributed by atoms with Crippen LogP contribution in [0, 0.1) is 0 Å². The molecule has 154 valence electrons. The Hall–Kier alpha value is -3.33. The van der Waals surface area contributed by atoms with Crippen LogP contribution in [0.25, 0.3) is 0 Å². The maximum atomic E-state index is 12.4. The maximum Gasteiger partial charge on any atom is 0.341 e. The average Bonchev–Trinajstić information content (AvgIpc) is 2.68. The van der Waals surface area contributed by atoms with E-state index >= 15 is 0 Å². The monoisotopic (exact) mass is 423 g/mol. The Morgan fingerprint density at radius 1 is 1.17 bits per heavy atom. The maximum absolute atomic E-state index is 12.4. The van der Waals surface area contributed by atoms with Crippen molar-refractivity contribution < 1.29 is 39.1 Å². The van der Waals surface area contributed by atoms with Crippen LogP contribution in [0.3, 0.4) is 0 Å². The van der Waals surface area contributed by atoms with E-state index in [1.54, 1.807) is 0 Å². The van der Waals surface area contributed by atoms with E-state index < -0.39 is 29.5 Å². The van der Waals surface area contributed by atoms with E-state index in [9.17, 15) is 24.9 Å². The van der Waals surface area contributed by atoms with Crippen molar-refractivity contribution in [1.82, 2.24) is 0 Å². The lowest BCUT2D eigenvalue weighted by Crippen LogP contribution is -2.37. The first-order chi connectivity index (χ1) is 13.8. The molecule has 1 aliphatic rings. The lowest BCUT2D eigenvalue weighted by molar-refractivity contribution is -0.123. The predicted octanol–water partition coefficient (Wildman–Crippen LogP) is 2.58. The Kier molecular flexibility index (Phi) is 5.60. The van der Waals surface area contributed by atoms with Crippen LogP contribution in [0.1, 0.15) is 22.3 Å². The van der Waals surface area contributed by atoms with Gasteiger partial charge in [-0.05, 0) is 18.4 Å². The molecule has 1 heterocycles. The molecule has 0 saturated heterocycles. The zero-order valence-electron chi connectivity index (χ0n) is 15.5. The van der Waals surface area contributed by atoms with Gasteiger partial charge in [0.25, 0.3) is 5.91 Å². The number of benzene rings is 2. The summed E-state index contributed by atoms with van der Waals surface area (Å²) < 4.78 is 15.4. The zero-order chi connectivity index (χ0) is 21.3. The summed E-state index contributed by atoms with van der Waals surface area (Å²) >= 11 is 6.11. The van der Waals surface area contributed by atoms with Gasteiger partial charge >= 0.3 is 5.97 Å². The highest BCUT2D eigenvalue weighted by Gasteiger charge is 2.30. The molecule has 4 N–H and O–H groups in total. The summed E-state index contributed by atoms with van der Waals surface area (Å²) in [5.74, 6) is -1.89. The molecule has 2 aromatic carbocycles. The number of carbonyl (C=O) groups is 2. The smallest absolute Gasteiger partial charge is 0.341 e. The molecule has 0 bridgehead atoms. The van der Waals surface area contributed by atoms with Crippen LogP contribution in [-0.2, 0) is 16.0 Å². The summed E-state index contributed by atoms with van der Waals surface area (Å²) in [5.41, 5.74) is 0.216. The van der Waals surface area contributed by atoms with E-state index in [1.165, 1.54) is 19.2 Å². The van der Waals surface area contributed by atoms with E-state index in [4.69, 9.17) is 21.1 Å². The van der Waals surface area contributed by atoms with Gasteiger partial charge in [0.05, 0.1) is 24.9 Å². The molecule has 3 rings (SSSR count). The first-order valence-corrected chi connectivity index (χ1v) is 8.84. The van der Waals surface area contributed by atoms with Crippen molar-refractivity contribution in [2.24, 2.45) is 0 Å². The molecular weight excluding hydrogens is 406 g/mol. The lowest BCUT2D eigenvalue weighted by Gasteiger charge is -2.26. The number of phenolic OH excluding ortho intramolecular Hbond substituents is 3. The number of hydrogen-bond acceptors (Lipinski definition) is 8. The van der Waals surface area contributed by atoms with Crippen molar-refractivity contribution in [2.75, 3.05) is 19.5 Å². The van der Waals surface area contributed by atoms with Crippen molar-refractivity contribution in [3.05, 3.63) is 34.3 Å². The van der Waals surface area contributed by atoms with Crippen LogP contribution in [0.5, 0.6) is 28.7 Å². The molecule has 0 spiro atoms. The third-order valence-corrected chi connectivity index (χ3v) is 4.89. The SMILES string of the molecule is COC(=O)c1c(O)cc(O)c(Cl)c1CCC1Oc2cc(OC)c(O)cc2NC1=O. The summed E-state index contributed by atoms with van der Waals surface area (Å²) in [7, 11) is 2.52. The van der Waals surface area contributed by atoms with Crippen LogP contribution >= 0.6 is 11.6 Å². The summed E-state index contributed by atoms with van der Waals surface area (Å²) in [6.07, 6.45) is -0.864. The molecule has 0 aliphatic carbocycles. The highest BCUT2D eigenvalue weighted by Crippen LogP contribution is 2.41. The van der Waals surface area contributed by atoms with Gasteiger partial charge in [-0.3, -0.25) is 4.79 Å². The van der Waals surface area contributed by atoms with E-state index in [0.717, 1.165) is 13.2 Å². The van der Waals surface area contributed by atoms with Crippen LogP contribution in [0.2, 0.25) is 5.02 Å². The summed E-state index contributed by atoms with van der Waals surface area (Å²) in [5, 5.41) is 32.2. The predicted molar refractivity (Wildman–Crippen MR) is 102 cm³/mol. The Morgan fingerprint density at radius 2 is 1.90 bits per heavy atom. The largest absolute Gasteiger partial charge is 0.507 e. The molecule has 1 atom stereocenters. The fraction of sp³-hybridized carbons (Fsp3) is 0.263. The van der Waals surface area contributed by atoms with Crippen LogP contribution < -0.4 is 14.8 Å². The summed E-state index contributed by atoms with van der Waals surface area (Å²) in [4.78, 5) is 24.4. The van der Waals surface area contributed by atoms with E-state index in [-0.39, 0.29) is 46.2 Å². The minimum Gasteiger partial charge on any atom is -0.507 e. The zero-order valence-corrected chi connectivity index (χ0v) is 16.2. The van der Waals surface area contributed by atoms with Gasteiger partial charge in [0, 0.05) is 18.2 Å². The standard InChI is InChI=1S/C19H18ClNO8/c1-27-15-7-14-9(5-10(15)22)21-18(25)13(29-14)4-3-8-16(19(26)28-2)11(23)6-12(24)17(8)20/h5-7,13,22-24H,3-4H2,1-2H3,(H,21,25). The average molecular weight is 424 g/mol. The number of phenols is 3. The fourth-order valence-corrected chi connectivity index (χ4v) is 3.29. The number of methoxy groups -OCH3 is 2. The van der Waals surface area contributed by atoms with Crippen molar-refractivity contribution >= 4 is 29.2 Å². The Balaban J connectivity index is 1.87. The van der Waals surface area contributed by atoms with E-state index in [1.807, 2.05) is 0 Å². The number of rotatable bonds is 5. The normalized spacial score (nSPS) is 15.1. The molecule has 0 saturated carbocycles. The number of esters is 1. The van der Waals surface area contributed by atoms with Gasteiger partial charge in [0.15, 0.2) is 17.6 Å². The summed E-state index contributed by atoms with van der Waals surface area (Å²) in [6.45, 7) is 0. The Bertz CT molecular complexity index is 991. The third-order valence-electron chi connectivity index (χ3n) is 4.47. The molecule has 1 aliphatic heterocycles. The van der Waals surface area contributed by atoms with Crippen molar-refractivity contribution in [2.45, 2.75) is 18.9 Å². The van der Waals surface area contributed by atoms with Gasteiger partial charge in [0.1, 0.15) is 22.8 Å². The highest BCUT2D eigenvalue weighted by atomic mass is 35.5. The molecule has 1 unspecified atom stereocenters. The molecule has 0 fully saturated rings. The van der Waals surface area contributed by atoms with Gasteiger partial charge in [0.2, 0.25) is 0 Å². The van der Waals surface area contributed by atoms with E-state index in [0.29, 0.717) is 5.75 Å². The quantitative estimate of drug-likeness (QED) is 0.539. The van der Waals surface area contributed by atoms with Crippen molar-refractivity contribution in [3.8, 4) is 28.7 Å². The number of nitrogens with one attached hydrogen (secondary N) is 1. The molecule has 1 amide bonds. The van der Waals surface area contributed by atoms with Crippen LogP contribution in [-0.4, -0.2) is 47.5 Å². The number of ether oxygens (including phenoxy) is 3. The van der Waals surface area contributed by atoms with Gasteiger partial charge in [-0.15, -0.1) is 0 Å². The number of aromatic hydroxyl groups is 3. The second-order valence-corrected chi connectivity index (χ2v) is 6.61. The fourth-order valence-electron chi connectivity index (χ4n) is 3.04. The second-order valence-electron chi connectivity index (χ2n) is 6.23. The molecule has 2 aromatic rings. The number of anilines is 1. The first kappa shape index (κ1) is 20.4. The first-order valence-electron chi connectivity index (χ1n) is 8.47. The molecule has 0 radical (unpaired) electrons. The third kappa shape index (κ3) is 3.81. The topological polar surface area (TPSA) is 135 Å².